The molecule has 0 heterocycles. The molecule has 5 rings (SSSR count). The summed E-state index contributed by atoms with van der Waals surface area (Å²) in [4.78, 5) is 27.6. The summed E-state index contributed by atoms with van der Waals surface area (Å²) in [6.07, 6.45) is 8.14. The molecule has 0 saturated heterocycles. The van der Waals surface area contributed by atoms with Crippen LogP contribution >= 0.6 is 11.6 Å². The molecule has 6 heteroatoms. The van der Waals surface area contributed by atoms with Crippen LogP contribution in [0.1, 0.15) is 45.1 Å². The molecule has 0 bridgehead atoms. The monoisotopic (exact) mass is 511 g/mol. The molecule has 4 aliphatic rings. The van der Waals surface area contributed by atoms with Gasteiger partial charge in [-0.25, -0.2) is 0 Å². The summed E-state index contributed by atoms with van der Waals surface area (Å²) in [5.41, 5.74) is 1.59. The number of ketones is 2. The Morgan fingerprint density at radius 3 is 2.78 bits per heavy atom. The van der Waals surface area contributed by atoms with Gasteiger partial charge in [0.25, 0.3) is 0 Å². The number of fused-ring (bicyclic) bond motifs is 5. The number of nitrogens with zero attached hydrogens (tertiary/aromatic N) is 1. The Kier molecular flexibility index (Phi) is 6.82. The Labute approximate surface area is 219 Å². The number of halogens is 1. The lowest BCUT2D eigenvalue weighted by atomic mass is 9.46. The third kappa shape index (κ3) is 4.22. The van der Waals surface area contributed by atoms with Gasteiger partial charge in [-0.1, -0.05) is 49.2 Å². The highest BCUT2D eigenvalue weighted by molar-refractivity contribution is 6.30. The minimum absolute atomic E-state index is 0.0349. The summed E-state index contributed by atoms with van der Waals surface area (Å²) < 4.78 is 0. The van der Waals surface area contributed by atoms with Crippen LogP contribution < -0.4 is 0 Å². The third-order valence-corrected chi connectivity index (χ3v) is 10.3. The largest absolute Gasteiger partial charge is 0.393 e. The van der Waals surface area contributed by atoms with E-state index in [4.69, 9.17) is 11.6 Å². The van der Waals surface area contributed by atoms with Gasteiger partial charge in [0, 0.05) is 35.4 Å². The third-order valence-electron chi connectivity index (χ3n) is 10.1. The lowest BCUT2D eigenvalue weighted by Crippen LogP contribution is -2.56. The maximum absolute atomic E-state index is 13.2. The van der Waals surface area contributed by atoms with Gasteiger partial charge in [-0.3, -0.25) is 9.59 Å². The van der Waals surface area contributed by atoms with E-state index in [1.54, 1.807) is 12.2 Å². The molecule has 0 spiro atoms. The van der Waals surface area contributed by atoms with Crippen LogP contribution in [0.25, 0.3) is 0 Å². The molecule has 2 N–H and O–H groups in total. The van der Waals surface area contributed by atoms with Crippen molar-refractivity contribution < 1.29 is 19.8 Å². The van der Waals surface area contributed by atoms with Gasteiger partial charge in [-0.2, -0.15) is 0 Å². The van der Waals surface area contributed by atoms with E-state index >= 15 is 0 Å². The number of carbonyl (C=O) groups is 2. The number of carbonyl (C=O) groups excluding carboxylic acids is 2. The molecule has 8 atom stereocenters. The summed E-state index contributed by atoms with van der Waals surface area (Å²) in [5.74, 6) is 0.371. The summed E-state index contributed by atoms with van der Waals surface area (Å²) >= 11 is 6.19. The Hall–Kier alpha value is -1.79. The molecule has 3 saturated carbocycles. The van der Waals surface area contributed by atoms with E-state index in [1.165, 1.54) is 0 Å². The topological polar surface area (TPSA) is 77.8 Å². The van der Waals surface area contributed by atoms with Gasteiger partial charge in [0.2, 0.25) is 0 Å². The van der Waals surface area contributed by atoms with E-state index in [-0.39, 0.29) is 46.1 Å². The summed E-state index contributed by atoms with van der Waals surface area (Å²) in [5, 5.41) is 22.3. The highest BCUT2D eigenvalue weighted by Crippen LogP contribution is 2.67. The number of allylic oxidation sites excluding steroid dienone is 4. The zero-order valence-electron chi connectivity index (χ0n) is 21.5. The number of benzene rings is 1. The minimum Gasteiger partial charge on any atom is -0.393 e. The van der Waals surface area contributed by atoms with Gasteiger partial charge in [0.1, 0.15) is 6.61 Å². The fraction of sp³-hybridized carbons (Fsp3) is 0.600. The standard InChI is InChI=1S/C30H38ClNO4/c1-29-10-9-22(34)13-20(29)7-8-23-24-12-19(16-32(3)15-18-5-4-6-21(31)11-18)27(26(36)17-33)30(24,2)14-25(35)28(23)29/h4-6,9-11,13,19,23-25,27-28,33,35H,7-8,12,14-17H2,1-3H3/t19-,23-,24?,25-,27?,28?,29-,30-/m0/s1. The average Bonchev–Trinajstić information content (AvgIpc) is 3.09. The van der Waals surface area contributed by atoms with Crippen molar-refractivity contribution in [3.05, 3.63) is 58.7 Å². The van der Waals surface area contributed by atoms with Crippen LogP contribution in [0.5, 0.6) is 0 Å². The fourth-order valence-corrected chi connectivity index (χ4v) is 9.04. The van der Waals surface area contributed by atoms with E-state index in [9.17, 15) is 19.8 Å². The number of hydrogen-bond acceptors (Lipinski definition) is 5. The number of Topliss-reactive ketones (excluding diaryl/α,β-unsaturated/α-hetero) is 1. The fourth-order valence-electron chi connectivity index (χ4n) is 8.83. The summed E-state index contributed by atoms with van der Waals surface area (Å²) in [7, 11) is 2.08. The van der Waals surface area contributed by atoms with Gasteiger partial charge in [0.05, 0.1) is 6.10 Å². The molecule has 3 unspecified atom stereocenters. The van der Waals surface area contributed by atoms with Crippen molar-refractivity contribution in [2.45, 2.75) is 52.2 Å². The molecule has 5 nitrogen and oxygen atoms in total. The van der Waals surface area contributed by atoms with Crippen molar-refractivity contribution >= 4 is 23.2 Å². The SMILES string of the molecule is CN(Cc1cccc(Cl)c1)C[C@@H]1CC2[C@@H]3CCC4=CC(=O)C=C[C@]4(C)C3[C@@H](O)C[C@]2(C)C1C(=O)CO. The minimum atomic E-state index is -0.556. The zero-order chi connectivity index (χ0) is 25.8. The Morgan fingerprint density at radius 2 is 2.06 bits per heavy atom. The molecule has 0 amide bonds. The molecule has 0 aromatic heterocycles. The Morgan fingerprint density at radius 1 is 1.28 bits per heavy atom. The molecule has 3 fully saturated rings. The second-order valence-electron chi connectivity index (χ2n) is 12.2. The number of rotatable bonds is 6. The number of aliphatic hydroxyl groups is 2. The zero-order valence-corrected chi connectivity index (χ0v) is 22.2. The molecular weight excluding hydrogens is 474 g/mol. The first-order chi connectivity index (χ1) is 17.1. The molecule has 1 aromatic carbocycles. The van der Waals surface area contributed by atoms with E-state index < -0.39 is 12.7 Å². The predicted molar refractivity (Wildman–Crippen MR) is 140 cm³/mol. The molecule has 4 aliphatic carbocycles. The van der Waals surface area contributed by atoms with Crippen LogP contribution in [-0.4, -0.2) is 53.0 Å². The maximum atomic E-state index is 13.2. The first-order valence-electron chi connectivity index (χ1n) is 13.3. The van der Waals surface area contributed by atoms with Crippen LogP contribution in [0.4, 0.5) is 0 Å². The molecule has 1 aromatic rings. The lowest BCUT2D eigenvalue weighted by molar-refractivity contribution is -0.142. The van der Waals surface area contributed by atoms with Crippen LogP contribution in [-0.2, 0) is 16.1 Å². The van der Waals surface area contributed by atoms with Crippen molar-refractivity contribution in [2.75, 3.05) is 20.2 Å². The normalized spacial score (nSPS) is 39.4. The number of aliphatic hydroxyl groups excluding tert-OH is 2. The molecular formula is C30H38ClNO4. The first-order valence-corrected chi connectivity index (χ1v) is 13.6. The van der Waals surface area contributed by atoms with Crippen molar-refractivity contribution in [3.8, 4) is 0 Å². The molecule has 0 radical (unpaired) electrons. The highest BCUT2D eigenvalue weighted by Gasteiger charge is 2.64. The molecule has 36 heavy (non-hydrogen) atoms. The van der Waals surface area contributed by atoms with E-state index in [0.29, 0.717) is 17.4 Å². The predicted octanol–water partition coefficient (Wildman–Crippen LogP) is 4.45. The second kappa shape index (κ2) is 9.50. The van der Waals surface area contributed by atoms with Crippen LogP contribution in [0.2, 0.25) is 5.02 Å². The summed E-state index contributed by atoms with van der Waals surface area (Å²) in [6.45, 7) is 5.38. The van der Waals surface area contributed by atoms with Crippen LogP contribution in [0.3, 0.4) is 0 Å². The molecule has 194 valence electrons. The first kappa shape index (κ1) is 25.8. The van der Waals surface area contributed by atoms with Crippen LogP contribution in [0, 0.1) is 40.4 Å². The van der Waals surface area contributed by atoms with Gasteiger partial charge >= 0.3 is 0 Å². The molecule has 0 aliphatic heterocycles. The van der Waals surface area contributed by atoms with Crippen molar-refractivity contribution in [1.29, 1.82) is 0 Å². The smallest absolute Gasteiger partial charge is 0.178 e. The van der Waals surface area contributed by atoms with Crippen LogP contribution in [0.15, 0.2) is 48.1 Å². The Bertz CT molecular complexity index is 1110. The van der Waals surface area contributed by atoms with Crippen molar-refractivity contribution in [3.63, 3.8) is 0 Å². The Balaban J connectivity index is 1.43. The van der Waals surface area contributed by atoms with E-state index in [0.717, 1.165) is 43.5 Å². The maximum Gasteiger partial charge on any atom is 0.178 e. The van der Waals surface area contributed by atoms with Gasteiger partial charge in [0.15, 0.2) is 11.6 Å². The van der Waals surface area contributed by atoms with Crippen molar-refractivity contribution in [2.24, 2.45) is 40.4 Å². The van der Waals surface area contributed by atoms with E-state index in [2.05, 4.69) is 31.9 Å². The van der Waals surface area contributed by atoms with Crippen molar-refractivity contribution in [1.82, 2.24) is 4.90 Å². The van der Waals surface area contributed by atoms with Gasteiger partial charge in [-0.05, 0) is 85.7 Å². The lowest BCUT2D eigenvalue weighted by Gasteiger charge is -2.58. The van der Waals surface area contributed by atoms with Gasteiger partial charge < -0.3 is 15.1 Å². The average molecular weight is 512 g/mol. The summed E-state index contributed by atoms with van der Waals surface area (Å²) in [6, 6.07) is 7.86. The number of hydrogen-bond donors (Lipinski definition) is 2. The second-order valence-corrected chi connectivity index (χ2v) is 12.7. The van der Waals surface area contributed by atoms with Gasteiger partial charge in [-0.15, -0.1) is 0 Å². The highest BCUT2D eigenvalue weighted by atomic mass is 35.5. The van der Waals surface area contributed by atoms with E-state index in [1.807, 2.05) is 24.3 Å². The quantitative estimate of drug-likeness (QED) is 0.590.